The molecule has 3 rings (SSSR count). The Kier molecular flexibility index (Phi) is 3.82. The molecule has 0 aliphatic rings. The van der Waals surface area contributed by atoms with E-state index >= 15 is 0 Å². The van der Waals surface area contributed by atoms with Gasteiger partial charge in [-0.3, -0.25) is 4.79 Å². The van der Waals surface area contributed by atoms with Gasteiger partial charge in [-0.1, -0.05) is 12.1 Å². The number of nitrogens with zero attached hydrogens (tertiary/aromatic N) is 1. The number of furan rings is 1. The van der Waals surface area contributed by atoms with Crippen LogP contribution in [-0.2, 0) is 0 Å². The summed E-state index contributed by atoms with van der Waals surface area (Å²) in [7, 11) is 0. The Morgan fingerprint density at radius 1 is 1.09 bits per heavy atom. The predicted molar refractivity (Wildman–Crippen MR) is 80.6 cm³/mol. The number of rotatable bonds is 4. The highest BCUT2D eigenvalue weighted by Gasteiger charge is 2.09. The quantitative estimate of drug-likeness (QED) is 0.768. The summed E-state index contributed by atoms with van der Waals surface area (Å²) >= 11 is 0. The maximum atomic E-state index is 13.5. The van der Waals surface area contributed by atoms with Gasteiger partial charge in [-0.15, -0.1) is 0 Å². The Balaban J connectivity index is 1.68. The number of carbonyl (C=O) groups is 1. The van der Waals surface area contributed by atoms with Crippen LogP contribution >= 0.6 is 0 Å². The van der Waals surface area contributed by atoms with Gasteiger partial charge in [-0.25, -0.2) is 9.37 Å². The van der Waals surface area contributed by atoms with Crippen molar-refractivity contribution < 1.29 is 13.6 Å². The van der Waals surface area contributed by atoms with Crippen LogP contribution in [-0.4, -0.2) is 10.9 Å². The van der Waals surface area contributed by atoms with Gasteiger partial charge in [0.15, 0.2) is 5.76 Å². The smallest absolute Gasteiger partial charge is 0.292 e. The normalized spacial score (nSPS) is 10.2. The number of amides is 1. The Bertz CT molecular complexity index is 770. The maximum Gasteiger partial charge on any atom is 0.292 e. The summed E-state index contributed by atoms with van der Waals surface area (Å²) in [4.78, 5) is 15.9. The van der Waals surface area contributed by atoms with Crippen molar-refractivity contribution in [1.82, 2.24) is 4.98 Å². The molecule has 0 fully saturated rings. The molecule has 2 heterocycles. The van der Waals surface area contributed by atoms with Gasteiger partial charge in [0, 0.05) is 0 Å². The Morgan fingerprint density at radius 2 is 1.95 bits per heavy atom. The van der Waals surface area contributed by atoms with E-state index in [4.69, 9.17) is 4.42 Å². The molecule has 6 heteroatoms. The third kappa shape index (κ3) is 3.12. The number of anilines is 3. The van der Waals surface area contributed by atoms with E-state index < -0.39 is 0 Å². The number of benzene rings is 1. The van der Waals surface area contributed by atoms with Crippen LogP contribution in [0.3, 0.4) is 0 Å². The SMILES string of the molecule is O=C(Nc1ccc(Nc2ccccc2F)cn1)c1ccco1. The highest BCUT2D eigenvalue weighted by molar-refractivity contribution is 6.01. The van der Waals surface area contributed by atoms with Crippen molar-refractivity contribution in [3.8, 4) is 0 Å². The molecule has 1 aromatic carbocycles. The van der Waals surface area contributed by atoms with E-state index in [1.165, 1.54) is 18.5 Å². The average Bonchev–Trinajstić information content (AvgIpc) is 3.06. The maximum absolute atomic E-state index is 13.5. The minimum absolute atomic E-state index is 0.204. The molecule has 0 spiro atoms. The number of pyridine rings is 1. The lowest BCUT2D eigenvalue weighted by atomic mass is 10.3. The molecule has 0 radical (unpaired) electrons. The summed E-state index contributed by atoms with van der Waals surface area (Å²) in [5.41, 5.74) is 0.970. The van der Waals surface area contributed by atoms with Crippen molar-refractivity contribution in [3.63, 3.8) is 0 Å². The van der Waals surface area contributed by atoms with Crippen LogP contribution in [0.15, 0.2) is 65.4 Å². The topological polar surface area (TPSA) is 67.2 Å². The zero-order valence-corrected chi connectivity index (χ0v) is 11.4. The van der Waals surface area contributed by atoms with Crippen molar-refractivity contribution in [1.29, 1.82) is 0 Å². The van der Waals surface area contributed by atoms with E-state index in [0.717, 1.165) is 0 Å². The van der Waals surface area contributed by atoms with Gasteiger partial charge in [0.25, 0.3) is 5.91 Å². The minimum atomic E-state index is -0.382. The Labute approximate surface area is 125 Å². The van der Waals surface area contributed by atoms with E-state index in [-0.39, 0.29) is 17.5 Å². The molecule has 5 nitrogen and oxygen atoms in total. The Morgan fingerprint density at radius 3 is 2.64 bits per heavy atom. The second-order valence-electron chi connectivity index (χ2n) is 4.47. The second-order valence-corrected chi connectivity index (χ2v) is 4.47. The van der Waals surface area contributed by atoms with Crippen LogP contribution in [0.1, 0.15) is 10.6 Å². The molecule has 110 valence electrons. The van der Waals surface area contributed by atoms with Crippen LogP contribution in [0.2, 0.25) is 0 Å². The van der Waals surface area contributed by atoms with Gasteiger partial charge in [-0.05, 0) is 36.4 Å². The van der Waals surface area contributed by atoms with Crippen LogP contribution in [0.5, 0.6) is 0 Å². The fourth-order valence-electron chi connectivity index (χ4n) is 1.85. The summed E-state index contributed by atoms with van der Waals surface area (Å²) < 4.78 is 18.5. The average molecular weight is 297 g/mol. The first kappa shape index (κ1) is 13.8. The molecule has 1 amide bonds. The second kappa shape index (κ2) is 6.09. The first-order valence-electron chi connectivity index (χ1n) is 6.55. The standard InChI is InChI=1S/C16H12FN3O2/c17-12-4-1-2-5-13(12)19-11-7-8-15(18-10-11)20-16(21)14-6-3-9-22-14/h1-10,19H,(H,18,20,21). The highest BCUT2D eigenvalue weighted by atomic mass is 19.1. The summed E-state index contributed by atoms with van der Waals surface area (Å²) in [5.74, 6) is -0.152. The Hall–Kier alpha value is -3.15. The van der Waals surface area contributed by atoms with Crippen molar-refractivity contribution >= 4 is 23.1 Å². The van der Waals surface area contributed by atoms with Gasteiger partial charge in [0.05, 0.1) is 23.8 Å². The number of halogens is 1. The number of para-hydroxylation sites is 1. The largest absolute Gasteiger partial charge is 0.459 e. The van der Waals surface area contributed by atoms with Crippen LogP contribution < -0.4 is 10.6 Å². The lowest BCUT2D eigenvalue weighted by Gasteiger charge is -2.08. The van der Waals surface area contributed by atoms with Crippen LogP contribution in [0.25, 0.3) is 0 Å². The van der Waals surface area contributed by atoms with E-state index in [1.807, 2.05) is 0 Å². The molecule has 0 unspecified atom stereocenters. The minimum Gasteiger partial charge on any atom is -0.459 e. The number of hydrogen-bond donors (Lipinski definition) is 2. The fourth-order valence-corrected chi connectivity index (χ4v) is 1.85. The summed E-state index contributed by atoms with van der Waals surface area (Å²) in [6.07, 6.45) is 2.92. The molecular weight excluding hydrogens is 285 g/mol. The van der Waals surface area contributed by atoms with Gasteiger partial charge < -0.3 is 15.1 Å². The van der Waals surface area contributed by atoms with Crippen LogP contribution in [0, 0.1) is 5.82 Å². The molecule has 0 saturated heterocycles. The summed E-state index contributed by atoms with van der Waals surface area (Å²) in [5, 5.41) is 5.51. The first-order chi connectivity index (χ1) is 10.7. The molecule has 2 N–H and O–H groups in total. The number of hydrogen-bond acceptors (Lipinski definition) is 4. The zero-order chi connectivity index (χ0) is 15.4. The van der Waals surface area contributed by atoms with E-state index in [1.54, 1.807) is 42.5 Å². The molecule has 0 aliphatic carbocycles. The molecule has 0 aliphatic heterocycles. The molecule has 0 bridgehead atoms. The lowest BCUT2D eigenvalue weighted by molar-refractivity contribution is 0.0996. The van der Waals surface area contributed by atoms with E-state index in [2.05, 4.69) is 15.6 Å². The van der Waals surface area contributed by atoms with Gasteiger partial charge in [0.1, 0.15) is 11.6 Å². The van der Waals surface area contributed by atoms with Crippen LogP contribution in [0.4, 0.5) is 21.6 Å². The molecule has 2 aromatic heterocycles. The van der Waals surface area contributed by atoms with Crippen molar-refractivity contribution in [2.75, 3.05) is 10.6 Å². The monoisotopic (exact) mass is 297 g/mol. The zero-order valence-electron chi connectivity index (χ0n) is 11.4. The lowest BCUT2D eigenvalue weighted by Crippen LogP contribution is -2.11. The summed E-state index contributed by atoms with van der Waals surface area (Å²) in [6.45, 7) is 0. The van der Waals surface area contributed by atoms with E-state index in [0.29, 0.717) is 17.2 Å². The molecule has 0 saturated carbocycles. The predicted octanol–water partition coefficient (Wildman–Crippen LogP) is 3.81. The van der Waals surface area contributed by atoms with E-state index in [9.17, 15) is 9.18 Å². The number of carbonyl (C=O) groups excluding carboxylic acids is 1. The van der Waals surface area contributed by atoms with Crippen molar-refractivity contribution in [2.24, 2.45) is 0 Å². The summed E-state index contributed by atoms with van der Waals surface area (Å²) in [6, 6.07) is 12.8. The number of nitrogens with one attached hydrogen (secondary N) is 2. The van der Waals surface area contributed by atoms with Crippen molar-refractivity contribution in [3.05, 3.63) is 72.6 Å². The molecule has 3 aromatic rings. The molecular formula is C16H12FN3O2. The van der Waals surface area contributed by atoms with Gasteiger partial charge in [0.2, 0.25) is 0 Å². The van der Waals surface area contributed by atoms with Gasteiger partial charge in [-0.2, -0.15) is 0 Å². The number of aromatic nitrogens is 1. The highest BCUT2D eigenvalue weighted by Crippen LogP contribution is 2.19. The third-order valence-corrected chi connectivity index (χ3v) is 2.90. The fraction of sp³-hybridized carbons (Fsp3) is 0. The molecule has 0 atom stereocenters. The van der Waals surface area contributed by atoms with Crippen molar-refractivity contribution in [2.45, 2.75) is 0 Å². The first-order valence-corrected chi connectivity index (χ1v) is 6.55. The molecule has 22 heavy (non-hydrogen) atoms. The third-order valence-electron chi connectivity index (χ3n) is 2.90. The van der Waals surface area contributed by atoms with Gasteiger partial charge >= 0.3 is 0 Å².